The van der Waals surface area contributed by atoms with Crippen molar-refractivity contribution in [1.82, 2.24) is 20.4 Å². The normalized spacial score (nSPS) is 12.1. The van der Waals surface area contributed by atoms with Gasteiger partial charge in [0, 0.05) is 18.8 Å². The molecule has 0 unspecified atom stereocenters. The zero-order valence-corrected chi connectivity index (χ0v) is 12.7. The monoisotopic (exact) mass is 290 g/mol. The first-order valence-corrected chi connectivity index (χ1v) is 7.09. The Kier molecular flexibility index (Phi) is 5.03. The van der Waals surface area contributed by atoms with E-state index in [1.807, 2.05) is 24.6 Å². The molecule has 1 atom stereocenters. The van der Waals surface area contributed by atoms with Crippen molar-refractivity contribution in [3.63, 3.8) is 0 Å². The molecule has 0 fully saturated rings. The summed E-state index contributed by atoms with van der Waals surface area (Å²) in [6.07, 6.45) is 1.59. The Morgan fingerprint density at radius 2 is 2.24 bits per heavy atom. The topological polar surface area (TPSA) is 72.1 Å². The van der Waals surface area contributed by atoms with Gasteiger partial charge in [0.1, 0.15) is 5.76 Å². The molecule has 0 aliphatic heterocycles. The van der Waals surface area contributed by atoms with Crippen molar-refractivity contribution in [2.24, 2.45) is 5.92 Å². The van der Waals surface area contributed by atoms with Crippen LogP contribution in [0, 0.1) is 19.8 Å². The van der Waals surface area contributed by atoms with Crippen molar-refractivity contribution < 1.29 is 9.21 Å². The maximum absolute atomic E-state index is 11.7. The molecule has 2 rings (SSSR count). The Morgan fingerprint density at radius 3 is 2.86 bits per heavy atom. The molecule has 0 bridgehead atoms. The number of furan rings is 1. The molecule has 114 valence electrons. The Hall–Kier alpha value is -2.24. The molecule has 6 nitrogen and oxygen atoms in total. The van der Waals surface area contributed by atoms with E-state index < -0.39 is 0 Å². The van der Waals surface area contributed by atoms with Gasteiger partial charge in [0.15, 0.2) is 0 Å². The fourth-order valence-corrected chi connectivity index (χ4v) is 2.13. The molecule has 2 N–H and O–H groups in total. The average Bonchev–Trinajstić information content (AvgIpc) is 3.04. The number of rotatable bonds is 6. The molecule has 2 aromatic rings. The van der Waals surface area contributed by atoms with E-state index in [1.165, 1.54) is 0 Å². The van der Waals surface area contributed by atoms with E-state index in [0.717, 1.165) is 23.7 Å². The third kappa shape index (κ3) is 4.66. The van der Waals surface area contributed by atoms with Crippen LogP contribution in [0.25, 0.3) is 0 Å². The summed E-state index contributed by atoms with van der Waals surface area (Å²) in [7, 11) is 0. The SMILES string of the molecule is Cc1cc(C)n(C[C@H](C)CNC(=O)NCc2ccco2)n1. The molecular formula is C15H22N4O2. The van der Waals surface area contributed by atoms with Gasteiger partial charge in [-0.05, 0) is 38.0 Å². The fraction of sp³-hybridized carbons (Fsp3) is 0.467. The van der Waals surface area contributed by atoms with Crippen LogP contribution in [-0.4, -0.2) is 22.4 Å². The second kappa shape index (κ2) is 6.97. The third-order valence-corrected chi connectivity index (χ3v) is 3.20. The number of nitrogens with one attached hydrogen (secondary N) is 2. The number of carbonyl (C=O) groups is 1. The largest absolute Gasteiger partial charge is 0.467 e. The molecule has 0 saturated heterocycles. The summed E-state index contributed by atoms with van der Waals surface area (Å²) in [6, 6.07) is 5.49. The van der Waals surface area contributed by atoms with Gasteiger partial charge >= 0.3 is 6.03 Å². The lowest BCUT2D eigenvalue weighted by molar-refractivity contribution is 0.237. The molecule has 0 saturated carbocycles. The molecule has 2 aromatic heterocycles. The molecule has 0 aromatic carbocycles. The zero-order chi connectivity index (χ0) is 15.2. The van der Waals surface area contributed by atoms with Crippen molar-refractivity contribution in [1.29, 1.82) is 0 Å². The van der Waals surface area contributed by atoms with Gasteiger partial charge in [0.05, 0.1) is 18.5 Å². The van der Waals surface area contributed by atoms with Crippen molar-refractivity contribution >= 4 is 6.03 Å². The maximum Gasteiger partial charge on any atom is 0.315 e. The molecule has 2 amide bonds. The van der Waals surface area contributed by atoms with Crippen LogP contribution in [0.15, 0.2) is 28.9 Å². The lowest BCUT2D eigenvalue weighted by atomic mass is 10.2. The number of nitrogens with zero attached hydrogens (tertiary/aromatic N) is 2. The zero-order valence-electron chi connectivity index (χ0n) is 12.7. The maximum atomic E-state index is 11.7. The van der Waals surface area contributed by atoms with Crippen LogP contribution in [0.1, 0.15) is 24.1 Å². The van der Waals surface area contributed by atoms with Crippen LogP contribution in [0.5, 0.6) is 0 Å². The second-order valence-corrected chi connectivity index (χ2v) is 5.36. The highest BCUT2D eigenvalue weighted by Gasteiger charge is 2.09. The lowest BCUT2D eigenvalue weighted by Gasteiger charge is -2.14. The Labute approximate surface area is 124 Å². The predicted octanol–water partition coefficient (Wildman–Crippen LogP) is 2.23. The van der Waals surface area contributed by atoms with E-state index in [4.69, 9.17) is 4.42 Å². The van der Waals surface area contributed by atoms with Crippen LogP contribution in [0.3, 0.4) is 0 Å². The van der Waals surface area contributed by atoms with Crippen LogP contribution in [0.4, 0.5) is 4.79 Å². The summed E-state index contributed by atoms with van der Waals surface area (Å²) in [5, 5.41) is 10.0. The number of hydrogen-bond donors (Lipinski definition) is 2. The minimum atomic E-state index is -0.188. The van der Waals surface area contributed by atoms with Gasteiger partial charge in [-0.15, -0.1) is 0 Å². The Bertz CT molecular complexity index is 575. The summed E-state index contributed by atoms with van der Waals surface area (Å²) in [6.45, 7) is 7.89. The molecule has 0 aliphatic carbocycles. The van der Waals surface area contributed by atoms with Gasteiger partial charge in [-0.1, -0.05) is 6.92 Å². The Morgan fingerprint density at radius 1 is 1.43 bits per heavy atom. The van der Waals surface area contributed by atoms with Gasteiger partial charge in [-0.2, -0.15) is 5.10 Å². The van der Waals surface area contributed by atoms with Crippen LogP contribution in [0.2, 0.25) is 0 Å². The standard InChI is InChI=1S/C15H22N4O2/c1-11(10-19-13(3)7-12(2)18-19)8-16-15(20)17-9-14-5-4-6-21-14/h4-7,11H,8-10H2,1-3H3,(H2,16,17,20)/t11-/m1/s1. The summed E-state index contributed by atoms with van der Waals surface area (Å²) < 4.78 is 7.12. The minimum Gasteiger partial charge on any atom is -0.467 e. The second-order valence-electron chi connectivity index (χ2n) is 5.36. The number of aryl methyl sites for hydroxylation is 2. The van der Waals surface area contributed by atoms with Crippen LogP contribution in [-0.2, 0) is 13.1 Å². The van der Waals surface area contributed by atoms with E-state index in [1.54, 1.807) is 12.3 Å². The summed E-state index contributed by atoms with van der Waals surface area (Å²) in [5.41, 5.74) is 2.16. The highest BCUT2D eigenvalue weighted by molar-refractivity contribution is 5.73. The fourth-order valence-electron chi connectivity index (χ4n) is 2.13. The van der Waals surface area contributed by atoms with Gasteiger partial charge in [0.25, 0.3) is 0 Å². The van der Waals surface area contributed by atoms with E-state index in [-0.39, 0.29) is 6.03 Å². The number of aromatic nitrogens is 2. The van der Waals surface area contributed by atoms with E-state index >= 15 is 0 Å². The molecule has 21 heavy (non-hydrogen) atoms. The quantitative estimate of drug-likeness (QED) is 0.857. The van der Waals surface area contributed by atoms with Crippen LogP contribution >= 0.6 is 0 Å². The first-order chi connectivity index (χ1) is 10.0. The number of hydrogen-bond acceptors (Lipinski definition) is 3. The van der Waals surface area contributed by atoms with Gasteiger partial charge in [0.2, 0.25) is 0 Å². The smallest absolute Gasteiger partial charge is 0.315 e. The Balaban J connectivity index is 1.69. The minimum absolute atomic E-state index is 0.188. The van der Waals surface area contributed by atoms with Crippen LogP contribution < -0.4 is 10.6 Å². The summed E-state index contributed by atoms with van der Waals surface area (Å²) >= 11 is 0. The van der Waals surface area contributed by atoms with E-state index in [2.05, 4.69) is 28.7 Å². The van der Waals surface area contributed by atoms with Gasteiger partial charge < -0.3 is 15.1 Å². The van der Waals surface area contributed by atoms with Crippen molar-refractivity contribution in [2.75, 3.05) is 6.54 Å². The average molecular weight is 290 g/mol. The lowest BCUT2D eigenvalue weighted by Crippen LogP contribution is -2.38. The molecular weight excluding hydrogens is 268 g/mol. The summed E-state index contributed by atoms with van der Waals surface area (Å²) in [5.74, 6) is 1.04. The van der Waals surface area contributed by atoms with Crippen molar-refractivity contribution in [3.8, 4) is 0 Å². The number of carbonyl (C=O) groups excluding carboxylic acids is 1. The van der Waals surface area contributed by atoms with Crippen molar-refractivity contribution in [2.45, 2.75) is 33.9 Å². The van der Waals surface area contributed by atoms with E-state index in [9.17, 15) is 4.79 Å². The molecule has 0 radical (unpaired) electrons. The predicted molar refractivity (Wildman–Crippen MR) is 79.8 cm³/mol. The van der Waals surface area contributed by atoms with Gasteiger partial charge in [-0.25, -0.2) is 4.79 Å². The highest BCUT2D eigenvalue weighted by Crippen LogP contribution is 2.05. The number of amides is 2. The van der Waals surface area contributed by atoms with E-state index in [0.29, 0.717) is 19.0 Å². The first kappa shape index (κ1) is 15.2. The summed E-state index contributed by atoms with van der Waals surface area (Å²) in [4.78, 5) is 11.7. The molecule has 0 aliphatic rings. The highest BCUT2D eigenvalue weighted by atomic mass is 16.3. The molecule has 0 spiro atoms. The third-order valence-electron chi connectivity index (χ3n) is 3.20. The molecule has 2 heterocycles. The van der Waals surface area contributed by atoms with Crippen molar-refractivity contribution in [3.05, 3.63) is 41.6 Å². The first-order valence-electron chi connectivity index (χ1n) is 7.09. The van der Waals surface area contributed by atoms with Gasteiger partial charge in [-0.3, -0.25) is 4.68 Å². The number of urea groups is 1. The molecule has 6 heteroatoms.